The Morgan fingerprint density at radius 2 is 2.23 bits per heavy atom. The zero-order chi connectivity index (χ0) is 9.26. The minimum atomic E-state index is 0.0196. The van der Waals surface area contributed by atoms with Gasteiger partial charge in [-0.3, -0.25) is 4.79 Å². The van der Waals surface area contributed by atoms with Gasteiger partial charge in [-0.25, -0.2) is 0 Å². The fourth-order valence-electron chi connectivity index (χ4n) is 1.23. The molecule has 0 aliphatic rings. The van der Waals surface area contributed by atoms with Crippen molar-refractivity contribution in [2.45, 2.75) is 6.92 Å². The van der Waals surface area contributed by atoms with Gasteiger partial charge in [-0.15, -0.1) is 11.3 Å². The molecule has 2 aromatic rings. The van der Waals surface area contributed by atoms with Crippen molar-refractivity contribution in [2.24, 2.45) is 0 Å². The van der Waals surface area contributed by atoms with Crippen LogP contribution in [0.2, 0.25) is 0 Å². The smallest absolute Gasteiger partial charge is 0.193 e. The van der Waals surface area contributed by atoms with E-state index in [1.165, 1.54) is 12.3 Å². The van der Waals surface area contributed by atoms with Crippen molar-refractivity contribution in [2.75, 3.05) is 0 Å². The number of rotatable bonds is 1. The van der Waals surface area contributed by atoms with E-state index in [0.29, 0.717) is 11.3 Å². The Morgan fingerprint density at radius 3 is 2.85 bits per heavy atom. The van der Waals surface area contributed by atoms with E-state index in [0.717, 1.165) is 4.88 Å². The average molecular weight is 192 g/mol. The molecule has 3 heteroatoms. The monoisotopic (exact) mass is 192 g/mol. The summed E-state index contributed by atoms with van der Waals surface area (Å²) in [6.45, 7) is 1.80. The molecule has 2 rings (SSSR count). The van der Waals surface area contributed by atoms with Crippen LogP contribution >= 0.6 is 11.3 Å². The lowest BCUT2D eigenvalue weighted by molar-refractivity contribution is 0.517. The van der Waals surface area contributed by atoms with E-state index in [1.54, 1.807) is 18.3 Å². The molecule has 0 bridgehead atoms. The number of hydrogen-bond donors (Lipinski definition) is 0. The second kappa shape index (κ2) is 3.18. The molecule has 0 aliphatic carbocycles. The van der Waals surface area contributed by atoms with Crippen LogP contribution in [0.4, 0.5) is 0 Å². The van der Waals surface area contributed by atoms with E-state index in [1.807, 2.05) is 17.5 Å². The third-order valence-corrected chi connectivity index (χ3v) is 2.72. The molecule has 0 saturated carbocycles. The van der Waals surface area contributed by atoms with E-state index < -0.39 is 0 Å². The van der Waals surface area contributed by atoms with Gasteiger partial charge >= 0.3 is 0 Å². The van der Waals surface area contributed by atoms with Gasteiger partial charge < -0.3 is 4.42 Å². The van der Waals surface area contributed by atoms with Crippen molar-refractivity contribution in [1.82, 2.24) is 0 Å². The molecule has 0 spiro atoms. The molecule has 0 amide bonds. The molecule has 0 unspecified atom stereocenters. The zero-order valence-electron chi connectivity index (χ0n) is 7.11. The van der Waals surface area contributed by atoms with Gasteiger partial charge in [-0.1, -0.05) is 6.07 Å². The first-order valence-electron chi connectivity index (χ1n) is 3.91. The summed E-state index contributed by atoms with van der Waals surface area (Å²) >= 11 is 1.54. The predicted molar refractivity (Wildman–Crippen MR) is 53.0 cm³/mol. The summed E-state index contributed by atoms with van der Waals surface area (Å²) in [5.74, 6) is 0.676. The Bertz CT molecular complexity index is 454. The summed E-state index contributed by atoms with van der Waals surface area (Å²) in [7, 11) is 0. The Hall–Kier alpha value is -1.35. The van der Waals surface area contributed by atoms with Gasteiger partial charge in [-0.2, -0.15) is 0 Å². The van der Waals surface area contributed by atoms with Gasteiger partial charge in [0.1, 0.15) is 5.76 Å². The van der Waals surface area contributed by atoms with Crippen LogP contribution in [0.15, 0.2) is 39.1 Å². The van der Waals surface area contributed by atoms with E-state index in [2.05, 4.69) is 0 Å². The summed E-state index contributed by atoms with van der Waals surface area (Å²) in [6, 6.07) is 5.29. The summed E-state index contributed by atoms with van der Waals surface area (Å²) < 4.78 is 5.17. The first-order chi connectivity index (χ1) is 6.29. The van der Waals surface area contributed by atoms with E-state index in [-0.39, 0.29) is 5.43 Å². The maximum atomic E-state index is 11.5. The molecule has 2 nitrogen and oxygen atoms in total. The second-order valence-electron chi connectivity index (χ2n) is 2.69. The zero-order valence-corrected chi connectivity index (χ0v) is 7.93. The van der Waals surface area contributed by atoms with Gasteiger partial charge in [0.2, 0.25) is 0 Å². The highest BCUT2D eigenvalue weighted by atomic mass is 32.1. The SMILES string of the molecule is Cc1occc(=O)c1-c1cccs1. The topological polar surface area (TPSA) is 30.2 Å². The minimum absolute atomic E-state index is 0.0196. The maximum Gasteiger partial charge on any atom is 0.193 e. The van der Waals surface area contributed by atoms with Gasteiger partial charge in [0, 0.05) is 10.9 Å². The van der Waals surface area contributed by atoms with Crippen LogP contribution in [0.5, 0.6) is 0 Å². The molecular weight excluding hydrogens is 184 g/mol. The van der Waals surface area contributed by atoms with E-state index in [9.17, 15) is 4.79 Å². The van der Waals surface area contributed by atoms with Crippen LogP contribution in [0, 0.1) is 6.92 Å². The van der Waals surface area contributed by atoms with Crippen LogP contribution in [0.3, 0.4) is 0 Å². The lowest BCUT2D eigenvalue weighted by Crippen LogP contribution is -2.02. The van der Waals surface area contributed by atoms with Crippen LogP contribution in [-0.4, -0.2) is 0 Å². The molecule has 0 atom stereocenters. The molecule has 0 aromatic carbocycles. The third-order valence-electron chi connectivity index (χ3n) is 1.83. The van der Waals surface area contributed by atoms with Crippen LogP contribution in [0.1, 0.15) is 5.76 Å². The molecule has 13 heavy (non-hydrogen) atoms. The maximum absolute atomic E-state index is 11.5. The van der Waals surface area contributed by atoms with E-state index in [4.69, 9.17) is 4.42 Å². The summed E-state index contributed by atoms with van der Waals surface area (Å²) in [4.78, 5) is 12.4. The van der Waals surface area contributed by atoms with Crippen molar-refractivity contribution in [3.8, 4) is 10.4 Å². The fourth-order valence-corrected chi connectivity index (χ4v) is 2.05. The van der Waals surface area contributed by atoms with Crippen LogP contribution in [0.25, 0.3) is 10.4 Å². The molecule has 0 radical (unpaired) electrons. The fraction of sp³-hybridized carbons (Fsp3) is 0.100. The van der Waals surface area contributed by atoms with Crippen molar-refractivity contribution < 1.29 is 4.42 Å². The molecular formula is C10H8O2S. The van der Waals surface area contributed by atoms with Crippen molar-refractivity contribution in [1.29, 1.82) is 0 Å². The highest BCUT2D eigenvalue weighted by Crippen LogP contribution is 2.23. The quantitative estimate of drug-likeness (QED) is 0.695. The molecule has 2 aromatic heterocycles. The van der Waals surface area contributed by atoms with Gasteiger partial charge in [0.25, 0.3) is 0 Å². The molecule has 0 aliphatic heterocycles. The van der Waals surface area contributed by atoms with Crippen molar-refractivity contribution in [3.63, 3.8) is 0 Å². The number of hydrogen-bond acceptors (Lipinski definition) is 3. The van der Waals surface area contributed by atoms with Crippen molar-refractivity contribution in [3.05, 3.63) is 45.8 Å². The van der Waals surface area contributed by atoms with Gasteiger partial charge in [-0.05, 0) is 18.4 Å². The van der Waals surface area contributed by atoms with Gasteiger partial charge in [0.15, 0.2) is 5.43 Å². The van der Waals surface area contributed by atoms with Crippen LogP contribution in [-0.2, 0) is 0 Å². The van der Waals surface area contributed by atoms with Crippen LogP contribution < -0.4 is 5.43 Å². The molecule has 0 saturated heterocycles. The predicted octanol–water partition coefficient (Wildman–Crippen LogP) is 2.68. The third kappa shape index (κ3) is 1.42. The lowest BCUT2D eigenvalue weighted by atomic mass is 10.2. The Labute approximate surface area is 79.5 Å². The van der Waals surface area contributed by atoms with Gasteiger partial charge in [0.05, 0.1) is 11.8 Å². The standard InChI is InChI=1S/C10H8O2S/c1-7-10(8(11)4-5-12-7)9-3-2-6-13-9/h2-6H,1H3. The molecule has 66 valence electrons. The summed E-state index contributed by atoms with van der Waals surface area (Å²) in [6.07, 6.45) is 1.43. The Morgan fingerprint density at radius 1 is 1.38 bits per heavy atom. The number of aryl methyl sites for hydroxylation is 1. The second-order valence-corrected chi connectivity index (χ2v) is 3.64. The lowest BCUT2D eigenvalue weighted by Gasteiger charge is -1.98. The first-order valence-corrected chi connectivity index (χ1v) is 4.79. The first kappa shape index (κ1) is 8.26. The average Bonchev–Trinajstić information content (AvgIpc) is 2.57. The minimum Gasteiger partial charge on any atom is -0.469 e. The highest BCUT2D eigenvalue weighted by Gasteiger charge is 2.07. The highest BCUT2D eigenvalue weighted by molar-refractivity contribution is 7.13. The Balaban J connectivity index is 2.71. The number of thiophene rings is 1. The molecule has 2 heterocycles. The largest absolute Gasteiger partial charge is 0.469 e. The molecule has 0 fully saturated rings. The Kier molecular flexibility index (Phi) is 2.02. The molecule has 0 N–H and O–H groups in total. The van der Waals surface area contributed by atoms with E-state index >= 15 is 0 Å². The summed E-state index contributed by atoms with van der Waals surface area (Å²) in [5.41, 5.74) is 0.698. The summed E-state index contributed by atoms with van der Waals surface area (Å²) in [5, 5.41) is 1.95. The normalized spacial score (nSPS) is 10.2. The van der Waals surface area contributed by atoms with Crippen molar-refractivity contribution >= 4 is 11.3 Å².